The van der Waals surface area contributed by atoms with E-state index in [4.69, 9.17) is 0 Å². The van der Waals surface area contributed by atoms with Gasteiger partial charge in [-0.15, -0.1) is 11.8 Å². The Morgan fingerprint density at radius 1 is 1.33 bits per heavy atom. The van der Waals surface area contributed by atoms with Gasteiger partial charge in [-0.1, -0.05) is 17.7 Å². The van der Waals surface area contributed by atoms with Gasteiger partial charge in [-0.3, -0.25) is 4.79 Å². The highest BCUT2D eigenvalue weighted by Crippen LogP contribution is 2.30. The molecule has 2 rings (SSSR count). The lowest BCUT2D eigenvalue weighted by molar-refractivity contribution is -0.155. The number of aryl methyl sites for hydroxylation is 1. The standard InChI is InChI=1S/C16H21NO3S/c1-12-4-6-13(7-5-12)21-11-8-14(18)17-10-3-9-16(17,2)15(19)20/h4-7H,3,8-11H2,1-2H3,(H,19,20). The lowest BCUT2D eigenvalue weighted by atomic mass is 9.99. The summed E-state index contributed by atoms with van der Waals surface area (Å²) < 4.78 is 0. The second-order valence-corrected chi connectivity index (χ2v) is 6.81. The van der Waals surface area contributed by atoms with Crippen LogP contribution in [-0.4, -0.2) is 39.7 Å². The predicted molar refractivity (Wildman–Crippen MR) is 83.5 cm³/mol. The summed E-state index contributed by atoms with van der Waals surface area (Å²) in [5.41, 5.74) is 0.190. The highest BCUT2D eigenvalue weighted by Gasteiger charge is 2.45. The van der Waals surface area contributed by atoms with Crippen molar-refractivity contribution in [2.24, 2.45) is 0 Å². The molecule has 4 nitrogen and oxygen atoms in total. The predicted octanol–water partition coefficient (Wildman–Crippen LogP) is 2.94. The number of amides is 1. The Balaban J connectivity index is 1.87. The van der Waals surface area contributed by atoms with Crippen LogP contribution in [0.1, 0.15) is 31.7 Å². The van der Waals surface area contributed by atoms with Crippen molar-refractivity contribution < 1.29 is 14.7 Å². The maximum Gasteiger partial charge on any atom is 0.329 e. The van der Waals surface area contributed by atoms with Gasteiger partial charge in [-0.2, -0.15) is 0 Å². The number of carboxylic acid groups (broad SMARTS) is 1. The maximum absolute atomic E-state index is 12.3. The Bertz CT molecular complexity index is 529. The fourth-order valence-electron chi connectivity index (χ4n) is 2.61. The van der Waals surface area contributed by atoms with Crippen LogP contribution in [0.2, 0.25) is 0 Å². The summed E-state index contributed by atoms with van der Waals surface area (Å²) in [5, 5.41) is 9.32. The monoisotopic (exact) mass is 307 g/mol. The highest BCUT2D eigenvalue weighted by molar-refractivity contribution is 7.99. The number of likely N-dealkylation sites (tertiary alicyclic amines) is 1. The van der Waals surface area contributed by atoms with E-state index in [0.717, 1.165) is 11.3 Å². The van der Waals surface area contributed by atoms with E-state index in [0.29, 0.717) is 25.1 Å². The van der Waals surface area contributed by atoms with Crippen LogP contribution < -0.4 is 0 Å². The molecule has 1 aliphatic rings. The first-order chi connectivity index (χ1) is 9.93. The zero-order chi connectivity index (χ0) is 15.5. The lowest BCUT2D eigenvalue weighted by Crippen LogP contribution is -2.50. The number of hydrogen-bond acceptors (Lipinski definition) is 3. The molecule has 1 unspecified atom stereocenters. The topological polar surface area (TPSA) is 57.6 Å². The Kier molecular flexibility index (Phi) is 4.93. The van der Waals surface area contributed by atoms with Crippen molar-refractivity contribution in [3.63, 3.8) is 0 Å². The third kappa shape index (κ3) is 3.59. The largest absolute Gasteiger partial charge is 0.480 e. The number of thioether (sulfide) groups is 1. The van der Waals surface area contributed by atoms with Gasteiger partial charge in [0.15, 0.2) is 0 Å². The summed E-state index contributed by atoms with van der Waals surface area (Å²) in [6.45, 7) is 4.24. The molecule has 1 aromatic rings. The van der Waals surface area contributed by atoms with Crippen molar-refractivity contribution in [1.82, 2.24) is 4.90 Å². The number of aliphatic carboxylic acids is 1. The van der Waals surface area contributed by atoms with Crippen LogP contribution in [-0.2, 0) is 9.59 Å². The Morgan fingerprint density at radius 3 is 2.62 bits per heavy atom. The number of rotatable bonds is 5. The molecule has 21 heavy (non-hydrogen) atoms. The fraction of sp³-hybridized carbons (Fsp3) is 0.500. The van der Waals surface area contributed by atoms with Gasteiger partial charge in [0.2, 0.25) is 5.91 Å². The minimum Gasteiger partial charge on any atom is -0.480 e. The van der Waals surface area contributed by atoms with Crippen LogP contribution >= 0.6 is 11.8 Å². The van der Waals surface area contributed by atoms with Crippen LogP contribution in [0.3, 0.4) is 0 Å². The van der Waals surface area contributed by atoms with E-state index in [1.807, 2.05) is 31.2 Å². The van der Waals surface area contributed by atoms with E-state index in [2.05, 4.69) is 0 Å². The first-order valence-electron chi connectivity index (χ1n) is 7.17. The van der Waals surface area contributed by atoms with Crippen molar-refractivity contribution in [2.75, 3.05) is 12.3 Å². The molecule has 0 aliphatic carbocycles. The van der Waals surface area contributed by atoms with Crippen molar-refractivity contribution >= 4 is 23.6 Å². The third-order valence-electron chi connectivity index (χ3n) is 4.01. The third-order valence-corrected chi connectivity index (χ3v) is 5.02. The smallest absolute Gasteiger partial charge is 0.329 e. The number of carbonyl (C=O) groups is 2. The van der Waals surface area contributed by atoms with Gasteiger partial charge in [-0.05, 0) is 38.8 Å². The quantitative estimate of drug-likeness (QED) is 0.850. The molecule has 0 radical (unpaired) electrons. The number of hydrogen-bond donors (Lipinski definition) is 1. The van der Waals surface area contributed by atoms with Gasteiger partial charge < -0.3 is 10.0 Å². The first kappa shape index (κ1) is 15.9. The van der Waals surface area contributed by atoms with Crippen LogP contribution in [0.15, 0.2) is 29.2 Å². The van der Waals surface area contributed by atoms with Gasteiger partial charge in [-0.25, -0.2) is 4.79 Å². The molecule has 1 N–H and O–H groups in total. The molecule has 1 aromatic carbocycles. The first-order valence-corrected chi connectivity index (χ1v) is 8.15. The normalized spacial score (nSPS) is 21.5. The average Bonchev–Trinajstić information content (AvgIpc) is 2.84. The molecule has 1 aliphatic heterocycles. The molecule has 0 spiro atoms. The number of benzene rings is 1. The van der Waals surface area contributed by atoms with Crippen molar-refractivity contribution in [1.29, 1.82) is 0 Å². The minimum absolute atomic E-state index is 0.0583. The lowest BCUT2D eigenvalue weighted by Gasteiger charge is -2.31. The molecule has 1 heterocycles. The second-order valence-electron chi connectivity index (χ2n) is 5.64. The molecule has 0 saturated carbocycles. The van der Waals surface area contributed by atoms with Crippen LogP contribution in [0.4, 0.5) is 0 Å². The van der Waals surface area contributed by atoms with Gasteiger partial charge in [0.25, 0.3) is 0 Å². The summed E-state index contributed by atoms with van der Waals surface area (Å²) >= 11 is 1.63. The van der Waals surface area contributed by atoms with E-state index in [-0.39, 0.29) is 5.91 Å². The van der Waals surface area contributed by atoms with Crippen molar-refractivity contribution in [3.05, 3.63) is 29.8 Å². The summed E-state index contributed by atoms with van der Waals surface area (Å²) in [6.07, 6.45) is 1.68. The molecule has 1 amide bonds. The summed E-state index contributed by atoms with van der Waals surface area (Å²) in [7, 11) is 0. The molecule has 0 aromatic heterocycles. The van der Waals surface area contributed by atoms with Crippen LogP contribution in [0, 0.1) is 6.92 Å². The molecular weight excluding hydrogens is 286 g/mol. The van der Waals surface area contributed by atoms with Crippen LogP contribution in [0.5, 0.6) is 0 Å². The average molecular weight is 307 g/mol. The minimum atomic E-state index is -1.02. The fourth-order valence-corrected chi connectivity index (χ4v) is 3.45. The maximum atomic E-state index is 12.3. The summed E-state index contributed by atoms with van der Waals surface area (Å²) in [4.78, 5) is 26.3. The Labute approximate surface area is 129 Å². The van der Waals surface area contributed by atoms with Crippen LogP contribution in [0.25, 0.3) is 0 Å². The van der Waals surface area contributed by atoms with Gasteiger partial charge in [0.05, 0.1) is 0 Å². The van der Waals surface area contributed by atoms with Gasteiger partial charge in [0.1, 0.15) is 5.54 Å². The second kappa shape index (κ2) is 6.52. The Morgan fingerprint density at radius 2 is 2.00 bits per heavy atom. The molecule has 0 bridgehead atoms. The molecule has 1 saturated heterocycles. The van der Waals surface area contributed by atoms with Crippen molar-refractivity contribution in [3.8, 4) is 0 Å². The highest BCUT2D eigenvalue weighted by atomic mass is 32.2. The molecule has 1 fully saturated rings. The molecule has 1 atom stereocenters. The summed E-state index contributed by atoms with van der Waals surface area (Å²) in [6, 6.07) is 8.18. The molecule has 114 valence electrons. The van der Waals surface area contributed by atoms with Gasteiger partial charge in [0, 0.05) is 23.6 Å². The number of carbonyl (C=O) groups excluding carboxylic acids is 1. The zero-order valence-corrected chi connectivity index (χ0v) is 13.3. The SMILES string of the molecule is Cc1ccc(SCCC(=O)N2CCCC2(C)C(=O)O)cc1. The van der Waals surface area contributed by atoms with E-state index < -0.39 is 11.5 Å². The summed E-state index contributed by atoms with van der Waals surface area (Å²) in [5.74, 6) is -0.287. The van der Waals surface area contributed by atoms with E-state index >= 15 is 0 Å². The van der Waals surface area contributed by atoms with E-state index in [9.17, 15) is 14.7 Å². The number of nitrogens with zero attached hydrogens (tertiary/aromatic N) is 1. The molecule has 5 heteroatoms. The zero-order valence-electron chi connectivity index (χ0n) is 12.5. The van der Waals surface area contributed by atoms with Gasteiger partial charge >= 0.3 is 5.97 Å². The van der Waals surface area contributed by atoms with Crippen molar-refractivity contribution in [2.45, 2.75) is 43.5 Å². The molecular formula is C16H21NO3S. The van der Waals surface area contributed by atoms with E-state index in [1.165, 1.54) is 10.5 Å². The van der Waals surface area contributed by atoms with E-state index in [1.54, 1.807) is 18.7 Å². The number of carboxylic acids is 1. The Hall–Kier alpha value is -1.49.